The zero-order valence-electron chi connectivity index (χ0n) is 21.3. The third kappa shape index (κ3) is 5.07. The lowest BCUT2D eigenvalue weighted by Crippen LogP contribution is -2.36. The smallest absolute Gasteiger partial charge is 0.228 e. The van der Waals surface area contributed by atoms with Crippen molar-refractivity contribution in [1.29, 1.82) is 5.26 Å². The molecule has 3 atom stereocenters. The van der Waals surface area contributed by atoms with E-state index in [9.17, 15) is 14.9 Å². The number of aryl methyl sites for hydroxylation is 2. The van der Waals surface area contributed by atoms with Crippen LogP contribution in [0.25, 0.3) is 11.3 Å². The largest absolute Gasteiger partial charge is 0.356 e. The van der Waals surface area contributed by atoms with Crippen LogP contribution in [0, 0.1) is 30.1 Å². The zero-order valence-corrected chi connectivity index (χ0v) is 21.3. The number of Topliss-reactive ketones (excluding diaryl/α,β-unsaturated/α-hetero) is 1. The first-order valence-electron chi connectivity index (χ1n) is 13.0. The van der Waals surface area contributed by atoms with E-state index in [0.717, 1.165) is 55.7 Å². The minimum Gasteiger partial charge on any atom is -0.356 e. The average Bonchev–Trinajstić information content (AvgIpc) is 3.50. The van der Waals surface area contributed by atoms with E-state index in [0.29, 0.717) is 24.1 Å². The van der Waals surface area contributed by atoms with Gasteiger partial charge >= 0.3 is 0 Å². The number of hydrogen-bond acceptors (Lipinski definition) is 6. The molecule has 1 saturated heterocycles. The number of anilines is 1. The molecule has 2 fully saturated rings. The topological polar surface area (TPSA) is 115 Å². The van der Waals surface area contributed by atoms with E-state index in [2.05, 4.69) is 21.6 Å². The second-order valence-corrected chi connectivity index (χ2v) is 10.0. The Balaban J connectivity index is 1.34. The van der Waals surface area contributed by atoms with Gasteiger partial charge in [-0.15, -0.1) is 0 Å². The molecule has 37 heavy (non-hydrogen) atoms. The van der Waals surface area contributed by atoms with Crippen LogP contribution in [0.2, 0.25) is 0 Å². The van der Waals surface area contributed by atoms with Gasteiger partial charge in [-0.3, -0.25) is 14.3 Å². The lowest BCUT2D eigenvalue weighted by molar-refractivity contribution is -0.122. The molecule has 9 heteroatoms. The normalized spacial score (nSPS) is 21.8. The van der Waals surface area contributed by atoms with E-state index in [1.165, 1.54) is 10.9 Å². The van der Waals surface area contributed by atoms with Gasteiger partial charge in [-0.25, -0.2) is 4.68 Å². The standard InChI is InChI=1S/C28H32N6O3/c1-18-15-24(34(32-18)26-9-5-6-14-37-26)19-10-12-20(13-11-19)27(35)21-7-3-4-8-22(21)28(36)31-23-17-30-33(2)25(23)16-29/h10-13,15,17,21-22,26H,3-9,14H2,1-2H3,(H,31,36). The highest BCUT2D eigenvalue weighted by Crippen LogP contribution is 2.35. The molecule has 5 rings (SSSR count). The number of carbonyl (C=O) groups excluding carboxylic acids is 2. The van der Waals surface area contributed by atoms with E-state index in [4.69, 9.17) is 4.74 Å². The highest BCUT2D eigenvalue weighted by atomic mass is 16.5. The summed E-state index contributed by atoms with van der Waals surface area (Å²) in [4.78, 5) is 26.8. The Morgan fingerprint density at radius 2 is 1.81 bits per heavy atom. The zero-order chi connectivity index (χ0) is 25.9. The van der Waals surface area contributed by atoms with E-state index in [1.807, 2.05) is 41.9 Å². The Morgan fingerprint density at radius 1 is 1.08 bits per heavy atom. The van der Waals surface area contributed by atoms with Crippen LogP contribution in [0.15, 0.2) is 36.5 Å². The number of nitrogens with zero attached hydrogens (tertiary/aromatic N) is 5. The molecule has 2 aromatic heterocycles. The van der Waals surface area contributed by atoms with Crippen molar-refractivity contribution in [2.75, 3.05) is 11.9 Å². The van der Waals surface area contributed by atoms with Crippen molar-refractivity contribution in [2.45, 2.75) is 58.1 Å². The Morgan fingerprint density at radius 3 is 2.51 bits per heavy atom. The van der Waals surface area contributed by atoms with Gasteiger partial charge in [-0.2, -0.15) is 15.5 Å². The SMILES string of the molecule is Cc1cc(-c2ccc(C(=O)C3CCCCC3C(=O)Nc3cnn(C)c3C#N)cc2)n(C2CCCCO2)n1. The summed E-state index contributed by atoms with van der Waals surface area (Å²) in [6, 6.07) is 11.7. The quantitative estimate of drug-likeness (QED) is 0.487. The molecular weight excluding hydrogens is 468 g/mol. The Kier molecular flexibility index (Phi) is 7.19. The first kappa shape index (κ1) is 24.9. The van der Waals surface area contributed by atoms with Crippen molar-refractivity contribution in [1.82, 2.24) is 19.6 Å². The molecule has 1 aliphatic heterocycles. The fraction of sp³-hybridized carbons (Fsp3) is 0.464. The van der Waals surface area contributed by atoms with Crippen molar-refractivity contribution in [2.24, 2.45) is 18.9 Å². The molecule has 1 saturated carbocycles. The summed E-state index contributed by atoms with van der Waals surface area (Å²) in [5.74, 6) is -1.09. The summed E-state index contributed by atoms with van der Waals surface area (Å²) in [5, 5.41) is 20.9. The highest BCUT2D eigenvalue weighted by Gasteiger charge is 2.36. The molecule has 1 N–H and O–H groups in total. The molecule has 192 valence electrons. The Bertz CT molecular complexity index is 1330. The fourth-order valence-electron chi connectivity index (χ4n) is 5.53. The number of ketones is 1. The van der Waals surface area contributed by atoms with Crippen LogP contribution in [-0.2, 0) is 16.6 Å². The predicted octanol–water partition coefficient (Wildman–Crippen LogP) is 4.79. The summed E-state index contributed by atoms with van der Waals surface area (Å²) in [7, 11) is 1.65. The summed E-state index contributed by atoms with van der Waals surface area (Å²) in [6.45, 7) is 2.71. The van der Waals surface area contributed by atoms with Crippen LogP contribution >= 0.6 is 0 Å². The molecule has 9 nitrogen and oxygen atoms in total. The van der Waals surface area contributed by atoms with Gasteiger partial charge in [0.1, 0.15) is 6.07 Å². The van der Waals surface area contributed by atoms with Gasteiger partial charge in [0.25, 0.3) is 0 Å². The molecule has 3 unspecified atom stereocenters. The van der Waals surface area contributed by atoms with E-state index < -0.39 is 11.8 Å². The number of hydrogen-bond donors (Lipinski definition) is 1. The fourth-order valence-corrected chi connectivity index (χ4v) is 5.53. The van der Waals surface area contributed by atoms with Gasteiger partial charge in [0.2, 0.25) is 5.91 Å². The molecule has 0 bridgehead atoms. The number of rotatable bonds is 6. The number of carbonyl (C=O) groups is 2. The monoisotopic (exact) mass is 500 g/mol. The molecule has 1 aliphatic carbocycles. The highest BCUT2D eigenvalue weighted by molar-refractivity contribution is 6.03. The summed E-state index contributed by atoms with van der Waals surface area (Å²) in [6.07, 6.45) is 7.64. The first-order chi connectivity index (χ1) is 18.0. The second kappa shape index (κ2) is 10.7. The van der Waals surface area contributed by atoms with Crippen LogP contribution in [0.5, 0.6) is 0 Å². The Hall–Kier alpha value is -3.77. The summed E-state index contributed by atoms with van der Waals surface area (Å²) >= 11 is 0. The van der Waals surface area contributed by atoms with Crippen LogP contribution in [0.4, 0.5) is 5.69 Å². The molecule has 1 aromatic carbocycles. The van der Waals surface area contributed by atoms with Crippen molar-refractivity contribution in [3.8, 4) is 17.3 Å². The van der Waals surface area contributed by atoms with Gasteiger partial charge in [0, 0.05) is 31.1 Å². The number of benzene rings is 1. The van der Waals surface area contributed by atoms with Crippen LogP contribution in [0.3, 0.4) is 0 Å². The van der Waals surface area contributed by atoms with Gasteiger partial charge in [0.05, 0.1) is 23.3 Å². The third-order valence-electron chi connectivity index (χ3n) is 7.49. The lowest BCUT2D eigenvalue weighted by atomic mass is 9.75. The van der Waals surface area contributed by atoms with Crippen LogP contribution < -0.4 is 5.32 Å². The van der Waals surface area contributed by atoms with Gasteiger partial charge in [0.15, 0.2) is 17.7 Å². The van der Waals surface area contributed by atoms with Crippen molar-refractivity contribution < 1.29 is 14.3 Å². The van der Waals surface area contributed by atoms with Crippen LogP contribution in [0.1, 0.15) is 72.9 Å². The van der Waals surface area contributed by atoms with Crippen molar-refractivity contribution in [3.05, 3.63) is 53.5 Å². The maximum absolute atomic E-state index is 13.6. The molecule has 3 heterocycles. The minimum absolute atomic E-state index is 0.0154. The number of aromatic nitrogens is 4. The average molecular weight is 501 g/mol. The first-order valence-corrected chi connectivity index (χ1v) is 13.0. The summed E-state index contributed by atoms with van der Waals surface area (Å²) < 4.78 is 9.34. The van der Waals surface area contributed by atoms with Gasteiger partial charge in [-0.05, 0) is 50.7 Å². The van der Waals surface area contributed by atoms with E-state index in [1.54, 1.807) is 7.05 Å². The molecule has 0 spiro atoms. The lowest BCUT2D eigenvalue weighted by Gasteiger charge is -2.29. The Labute approximate surface area is 216 Å². The minimum atomic E-state index is -0.444. The molecule has 2 aliphatic rings. The van der Waals surface area contributed by atoms with Crippen molar-refractivity contribution in [3.63, 3.8) is 0 Å². The molecule has 0 radical (unpaired) electrons. The predicted molar refractivity (Wildman–Crippen MR) is 138 cm³/mol. The molecule has 1 amide bonds. The van der Waals surface area contributed by atoms with E-state index in [-0.39, 0.29) is 23.6 Å². The summed E-state index contributed by atoms with van der Waals surface area (Å²) in [5.41, 5.74) is 4.14. The number of amides is 1. The third-order valence-corrected chi connectivity index (χ3v) is 7.49. The number of ether oxygens (including phenoxy) is 1. The number of nitriles is 1. The maximum Gasteiger partial charge on any atom is 0.228 e. The van der Waals surface area contributed by atoms with Gasteiger partial charge < -0.3 is 10.1 Å². The van der Waals surface area contributed by atoms with Crippen LogP contribution in [-0.4, -0.2) is 37.9 Å². The maximum atomic E-state index is 13.6. The number of nitrogens with one attached hydrogen (secondary N) is 1. The van der Waals surface area contributed by atoms with Gasteiger partial charge in [-0.1, -0.05) is 37.1 Å². The van der Waals surface area contributed by atoms with E-state index >= 15 is 0 Å². The van der Waals surface area contributed by atoms with Crippen molar-refractivity contribution >= 4 is 17.4 Å². The second-order valence-electron chi connectivity index (χ2n) is 10.0. The molecule has 3 aromatic rings. The molecular formula is C28H32N6O3.